The van der Waals surface area contributed by atoms with Crippen LogP contribution in [0.1, 0.15) is 19.4 Å². The molecule has 1 rings (SSSR count). The summed E-state index contributed by atoms with van der Waals surface area (Å²) in [6, 6.07) is 6.10. The quantitative estimate of drug-likeness (QED) is 0.842. The summed E-state index contributed by atoms with van der Waals surface area (Å²) in [4.78, 5) is 0. The van der Waals surface area contributed by atoms with Crippen LogP contribution in [-0.4, -0.2) is 5.75 Å². The number of rotatable bonds is 4. The Kier molecular flexibility index (Phi) is 4.82. The van der Waals surface area contributed by atoms with Crippen molar-refractivity contribution in [2.24, 2.45) is 5.92 Å². The van der Waals surface area contributed by atoms with Gasteiger partial charge in [0.1, 0.15) is 0 Å². The first kappa shape index (κ1) is 11.9. The number of nitrogen functional groups attached to an aromatic ring is 1. The molecular weight excluding hydrogens is 258 g/mol. The van der Waals surface area contributed by atoms with Gasteiger partial charge in [-0.3, -0.25) is 0 Å². The largest absolute Gasteiger partial charge is 0.399 e. The molecule has 0 atom stereocenters. The van der Waals surface area contributed by atoms with E-state index in [-0.39, 0.29) is 0 Å². The number of nitrogens with two attached hydrogens (primary N) is 1. The van der Waals surface area contributed by atoms with Gasteiger partial charge in [0.05, 0.1) is 0 Å². The molecule has 0 heterocycles. The van der Waals surface area contributed by atoms with E-state index in [4.69, 9.17) is 5.73 Å². The summed E-state index contributed by atoms with van der Waals surface area (Å²) in [6.07, 6.45) is 0. The highest BCUT2D eigenvalue weighted by atomic mass is 79.9. The molecule has 0 unspecified atom stereocenters. The molecule has 0 spiro atoms. The maximum absolute atomic E-state index is 5.75. The van der Waals surface area contributed by atoms with E-state index >= 15 is 0 Å². The van der Waals surface area contributed by atoms with Crippen molar-refractivity contribution in [2.45, 2.75) is 19.6 Å². The first-order valence-corrected chi connectivity index (χ1v) is 6.65. The van der Waals surface area contributed by atoms with Gasteiger partial charge in [0.15, 0.2) is 0 Å². The predicted octanol–water partition coefficient (Wildman–Crippen LogP) is 3.92. The lowest BCUT2D eigenvalue weighted by Gasteiger charge is -2.06. The molecule has 0 saturated carbocycles. The Labute approximate surface area is 98.6 Å². The fourth-order valence-corrected chi connectivity index (χ4v) is 2.72. The Morgan fingerprint density at radius 1 is 1.36 bits per heavy atom. The molecule has 0 aliphatic carbocycles. The van der Waals surface area contributed by atoms with E-state index in [2.05, 4.69) is 35.8 Å². The number of hydrogen-bond donors (Lipinski definition) is 1. The second-order valence-electron chi connectivity index (χ2n) is 3.80. The third-order valence-electron chi connectivity index (χ3n) is 1.70. The summed E-state index contributed by atoms with van der Waals surface area (Å²) in [7, 11) is 0. The summed E-state index contributed by atoms with van der Waals surface area (Å²) >= 11 is 5.40. The van der Waals surface area contributed by atoms with Crippen LogP contribution in [0.15, 0.2) is 22.7 Å². The van der Waals surface area contributed by atoms with Crippen LogP contribution in [0.3, 0.4) is 0 Å². The third kappa shape index (κ3) is 4.38. The molecule has 14 heavy (non-hydrogen) atoms. The van der Waals surface area contributed by atoms with E-state index in [0.29, 0.717) is 0 Å². The van der Waals surface area contributed by atoms with Crippen molar-refractivity contribution in [3.63, 3.8) is 0 Å². The highest BCUT2D eigenvalue weighted by Gasteiger charge is 1.99. The molecule has 78 valence electrons. The summed E-state index contributed by atoms with van der Waals surface area (Å²) < 4.78 is 1.07. The van der Waals surface area contributed by atoms with Gasteiger partial charge in [0.25, 0.3) is 0 Å². The standard InChI is InChI=1S/C11H16BrNS/c1-8(2)6-14-7-9-3-10(12)5-11(13)4-9/h3-5,8H,6-7,13H2,1-2H3. The Morgan fingerprint density at radius 3 is 2.64 bits per heavy atom. The summed E-state index contributed by atoms with van der Waals surface area (Å²) in [5.74, 6) is 3.00. The van der Waals surface area contributed by atoms with Crippen LogP contribution in [0.5, 0.6) is 0 Å². The third-order valence-corrected chi connectivity index (χ3v) is 3.60. The molecule has 2 N–H and O–H groups in total. The predicted molar refractivity (Wildman–Crippen MR) is 69.6 cm³/mol. The first-order valence-electron chi connectivity index (χ1n) is 4.70. The second-order valence-corrected chi connectivity index (χ2v) is 5.75. The molecule has 0 aromatic heterocycles. The normalized spacial score (nSPS) is 10.9. The van der Waals surface area contributed by atoms with Crippen LogP contribution in [0.2, 0.25) is 0 Å². The van der Waals surface area contributed by atoms with Gasteiger partial charge in [-0.1, -0.05) is 29.8 Å². The molecule has 0 bridgehead atoms. The average Bonchev–Trinajstić information content (AvgIpc) is 2.01. The highest BCUT2D eigenvalue weighted by molar-refractivity contribution is 9.10. The zero-order valence-corrected chi connectivity index (χ0v) is 11.0. The number of benzene rings is 1. The summed E-state index contributed by atoms with van der Waals surface area (Å²) in [5.41, 5.74) is 7.88. The number of thioether (sulfide) groups is 1. The smallest absolute Gasteiger partial charge is 0.0328 e. The zero-order chi connectivity index (χ0) is 10.6. The SMILES string of the molecule is CC(C)CSCc1cc(N)cc(Br)c1. The van der Waals surface area contributed by atoms with Gasteiger partial charge in [0.2, 0.25) is 0 Å². The van der Waals surface area contributed by atoms with Gasteiger partial charge in [-0.15, -0.1) is 0 Å². The lowest BCUT2D eigenvalue weighted by atomic mass is 10.2. The van der Waals surface area contributed by atoms with Crippen LogP contribution >= 0.6 is 27.7 Å². The lowest BCUT2D eigenvalue weighted by Crippen LogP contribution is -1.93. The van der Waals surface area contributed by atoms with E-state index < -0.39 is 0 Å². The van der Waals surface area contributed by atoms with E-state index in [9.17, 15) is 0 Å². The van der Waals surface area contributed by atoms with Crippen LogP contribution in [0.4, 0.5) is 5.69 Å². The maximum atomic E-state index is 5.75. The van der Waals surface area contributed by atoms with E-state index in [1.807, 2.05) is 23.9 Å². The van der Waals surface area contributed by atoms with Gasteiger partial charge < -0.3 is 5.73 Å². The molecule has 0 aliphatic heterocycles. The number of anilines is 1. The Morgan fingerprint density at radius 2 is 2.07 bits per heavy atom. The minimum atomic E-state index is 0.754. The Bertz CT molecular complexity index is 279. The fourth-order valence-electron chi connectivity index (χ4n) is 1.17. The monoisotopic (exact) mass is 273 g/mol. The van der Waals surface area contributed by atoms with Crippen LogP contribution < -0.4 is 5.73 Å². The van der Waals surface area contributed by atoms with Gasteiger partial charge in [-0.2, -0.15) is 11.8 Å². The fraction of sp³-hybridized carbons (Fsp3) is 0.455. The van der Waals surface area contributed by atoms with Gasteiger partial charge >= 0.3 is 0 Å². The zero-order valence-electron chi connectivity index (χ0n) is 8.59. The molecule has 1 nitrogen and oxygen atoms in total. The van der Waals surface area contributed by atoms with Crippen molar-refractivity contribution in [1.82, 2.24) is 0 Å². The molecular formula is C11H16BrNS. The molecule has 0 saturated heterocycles. The van der Waals surface area contributed by atoms with Crippen molar-refractivity contribution in [3.05, 3.63) is 28.2 Å². The topological polar surface area (TPSA) is 26.0 Å². The molecule has 0 amide bonds. The van der Waals surface area contributed by atoms with Crippen molar-refractivity contribution in [1.29, 1.82) is 0 Å². The van der Waals surface area contributed by atoms with Crippen LogP contribution in [-0.2, 0) is 5.75 Å². The van der Waals surface area contributed by atoms with E-state index in [1.165, 1.54) is 11.3 Å². The minimum absolute atomic E-state index is 0.754. The molecule has 3 heteroatoms. The number of halogens is 1. The molecule has 0 aliphatic rings. The minimum Gasteiger partial charge on any atom is -0.399 e. The first-order chi connectivity index (χ1) is 6.58. The van der Waals surface area contributed by atoms with Gasteiger partial charge in [0, 0.05) is 15.9 Å². The Hall–Kier alpha value is -0.150. The summed E-state index contributed by atoms with van der Waals surface area (Å²) in [5, 5.41) is 0. The molecule has 1 aromatic rings. The number of hydrogen-bond acceptors (Lipinski definition) is 2. The highest BCUT2D eigenvalue weighted by Crippen LogP contribution is 2.21. The average molecular weight is 274 g/mol. The second kappa shape index (κ2) is 5.66. The van der Waals surface area contributed by atoms with Crippen molar-refractivity contribution < 1.29 is 0 Å². The molecule has 0 fully saturated rings. The summed E-state index contributed by atoms with van der Waals surface area (Å²) in [6.45, 7) is 4.48. The van der Waals surface area contributed by atoms with Crippen molar-refractivity contribution in [2.75, 3.05) is 11.5 Å². The van der Waals surface area contributed by atoms with Gasteiger partial charge in [-0.25, -0.2) is 0 Å². The van der Waals surface area contributed by atoms with E-state index in [0.717, 1.165) is 21.8 Å². The van der Waals surface area contributed by atoms with Gasteiger partial charge in [-0.05, 0) is 35.4 Å². The molecule has 1 aromatic carbocycles. The van der Waals surface area contributed by atoms with Crippen molar-refractivity contribution >= 4 is 33.4 Å². The van der Waals surface area contributed by atoms with E-state index in [1.54, 1.807) is 0 Å². The Balaban J connectivity index is 2.50. The lowest BCUT2D eigenvalue weighted by molar-refractivity contribution is 0.750. The van der Waals surface area contributed by atoms with Crippen LogP contribution in [0.25, 0.3) is 0 Å². The molecule has 0 radical (unpaired) electrons. The van der Waals surface area contributed by atoms with Crippen molar-refractivity contribution in [3.8, 4) is 0 Å². The van der Waals surface area contributed by atoms with Crippen LogP contribution in [0, 0.1) is 5.92 Å². The maximum Gasteiger partial charge on any atom is 0.0328 e.